The molecule has 0 aliphatic heterocycles. The summed E-state index contributed by atoms with van der Waals surface area (Å²) in [6.45, 7) is 7.60. The Labute approximate surface area is 133 Å². The van der Waals surface area contributed by atoms with Crippen LogP contribution in [0.4, 0.5) is 0 Å². The molecule has 0 saturated heterocycles. The van der Waals surface area contributed by atoms with Crippen molar-refractivity contribution < 1.29 is 31.9 Å². The van der Waals surface area contributed by atoms with E-state index in [1.54, 1.807) is 13.8 Å². The van der Waals surface area contributed by atoms with E-state index in [9.17, 15) is 0 Å². The van der Waals surface area contributed by atoms with Crippen LogP contribution in [0.15, 0.2) is 23.8 Å². The van der Waals surface area contributed by atoms with Crippen molar-refractivity contribution in [1.82, 2.24) is 0 Å². The van der Waals surface area contributed by atoms with E-state index in [1.165, 1.54) is 5.57 Å². The molecule has 0 saturated carbocycles. The van der Waals surface area contributed by atoms with Crippen molar-refractivity contribution in [3.63, 3.8) is 0 Å². The van der Waals surface area contributed by atoms with Gasteiger partial charge in [-0.2, -0.15) is 0 Å². The van der Waals surface area contributed by atoms with Crippen LogP contribution < -0.4 is 0 Å². The molecule has 0 spiro atoms. The smallest absolute Gasteiger partial charge is 0.0402 e. The molecule has 2 nitrogen and oxygen atoms in total. The summed E-state index contributed by atoms with van der Waals surface area (Å²) in [5.74, 6) is 0. The molecule has 3 heteroatoms. The van der Waals surface area contributed by atoms with E-state index >= 15 is 0 Å². The van der Waals surface area contributed by atoms with Crippen molar-refractivity contribution in [3.05, 3.63) is 67.9 Å². The van der Waals surface area contributed by atoms with Crippen molar-refractivity contribution in [1.29, 1.82) is 0 Å². The molecule has 0 aromatic rings. The molecule has 0 unspecified atom stereocenters. The van der Waals surface area contributed by atoms with Gasteiger partial charge in [0.15, 0.2) is 0 Å². The van der Waals surface area contributed by atoms with Crippen LogP contribution in [0.5, 0.6) is 0 Å². The topological polar surface area (TPSA) is 40.5 Å². The summed E-state index contributed by atoms with van der Waals surface area (Å²) in [6.07, 6.45) is 7.21. The second-order valence-corrected chi connectivity index (χ2v) is 2.09. The van der Waals surface area contributed by atoms with Crippen LogP contribution >= 0.6 is 0 Å². The van der Waals surface area contributed by atoms with Crippen molar-refractivity contribution in [2.45, 2.75) is 20.3 Å². The SMILES string of the molecule is CCO.CCO.[CH2-]C1=CC=CC1.[CH3-].[CH3-].[CH3-].[CH3-].[CH3-].[Ti]. The van der Waals surface area contributed by atoms with Gasteiger partial charge in [0.25, 0.3) is 0 Å². The third-order valence-electron chi connectivity index (χ3n) is 0.848. The molecule has 18 heavy (non-hydrogen) atoms. The Hall–Kier alpha value is -0.0157. The quantitative estimate of drug-likeness (QED) is 0.524. The molecule has 0 radical (unpaired) electrons. The van der Waals surface area contributed by atoms with Crippen molar-refractivity contribution >= 4 is 0 Å². The number of allylic oxidation sites excluding steroid dienone is 4. The summed E-state index contributed by atoms with van der Waals surface area (Å²) in [5.41, 5.74) is 1.22. The van der Waals surface area contributed by atoms with E-state index in [2.05, 4.69) is 13.0 Å². The first kappa shape index (κ1) is 52.0. The van der Waals surface area contributed by atoms with Gasteiger partial charge in [-0.05, 0) is 20.3 Å². The largest absolute Gasteiger partial charge is 0.397 e. The van der Waals surface area contributed by atoms with E-state index in [-0.39, 0.29) is 72.1 Å². The van der Waals surface area contributed by atoms with Gasteiger partial charge < -0.3 is 47.3 Å². The van der Waals surface area contributed by atoms with Crippen LogP contribution in [0.3, 0.4) is 0 Å². The summed E-state index contributed by atoms with van der Waals surface area (Å²) < 4.78 is 0. The molecule has 0 atom stereocenters. The van der Waals surface area contributed by atoms with E-state index in [4.69, 9.17) is 10.2 Å². The third-order valence-corrected chi connectivity index (χ3v) is 0.848. The molecule has 116 valence electrons. The molecule has 0 bridgehead atoms. The van der Waals surface area contributed by atoms with Crippen LogP contribution in [-0.2, 0) is 21.7 Å². The predicted molar refractivity (Wildman–Crippen MR) is 84.8 cm³/mol. The summed E-state index contributed by atoms with van der Waals surface area (Å²) in [4.78, 5) is 0. The first-order valence-electron chi connectivity index (χ1n) is 4.12. The van der Waals surface area contributed by atoms with Crippen LogP contribution in [-0.4, -0.2) is 23.4 Å². The van der Waals surface area contributed by atoms with Crippen LogP contribution in [0.2, 0.25) is 0 Å². The fourth-order valence-corrected chi connectivity index (χ4v) is 0.492. The Kier molecular flexibility index (Phi) is 155. The fraction of sp³-hybridized carbons (Fsp3) is 0.333. The van der Waals surface area contributed by atoms with Gasteiger partial charge in [-0.3, -0.25) is 0 Å². The minimum atomic E-state index is 0. The summed E-state index contributed by atoms with van der Waals surface area (Å²) >= 11 is 0. The summed E-state index contributed by atoms with van der Waals surface area (Å²) in [7, 11) is 0. The normalized spacial score (nSPS) is 8.11. The molecular formula is C15H34O2Ti-6. The minimum absolute atomic E-state index is 0. The number of hydrogen-bond donors (Lipinski definition) is 2. The Morgan fingerprint density at radius 2 is 1.28 bits per heavy atom. The monoisotopic (exact) mass is 294 g/mol. The van der Waals surface area contributed by atoms with Gasteiger partial charge in [0.1, 0.15) is 0 Å². The van der Waals surface area contributed by atoms with Crippen molar-refractivity contribution in [2.24, 2.45) is 0 Å². The molecule has 1 aliphatic carbocycles. The Balaban J connectivity index is -0.0000000128. The Morgan fingerprint density at radius 3 is 1.33 bits per heavy atom. The van der Waals surface area contributed by atoms with Crippen molar-refractivity contribution in [3.8, 4) is 0 Å². The van der Waals surface area contributed by atoms with Gasteiger partial charge in [0.05, 0.1) is 0 Å². The number of aliphatic hydroxyl groups excluding tert-OH is 2. The number of hydrogen-bond acceptors (Lipinski definition) is 2. The van der Waals surface area contributed by atoms with E-state index < -0.39 is 0 Å². The van der Waals surface area contributed by atoms with Crippen LogP contribution in [0.25, 0.3) is 0 Å². The minimum Gasteiger partial charge on any atom is -0.397 e. The molecule has 1 rings (SSSR count). The Morgan fingerprint density at radius 1 is 1.00 bits per heavy atom. The third kappa shape index (κ3) is 73.6. The molecule has 0 amide bonds. The van der Waals surface area contributed by atoms with E-state index in [1.807, 2.05) is 12.2 Å². The summed E-state index contributed by atoms with van der Waals surface area (Å²) in [5, 5.41) is 15.1. The Bertz CT molecular complexity index is 130. The number of rotatable bonds is 0. The fourth-order valence-electron chi connectivity index (χ4n) is 0.492. The van der Waals surface area contributed by atoms with Gasteiger partial charge >= 0.3 is 0 Å². The maximum Gasteiger partial charge on any atom is 0.0402 e. The standard InChI is InChI=1S/C6H7.2C2H6O.5CH3.Ti/c1-6-4-2-3-5-6;2*1-2-3;;;;;;/h2-4H,1,5H2;2*3H,2H2,1H3;5*1H3;/q-1;;;5*-1;. The van der Waals surface area contributed by atoms with E-state index in [0.717, 1.165) is 6.42 Å². The maximum absolute atomic E-state index is 7.57. The molecule has 0 heterocycles. The molecule has 0 aromatic carbocycles. The zero-order valence-electron chi connectivity index (χ0n) is 13.5. The predicted octanol–water partition coefficient (Wildman–Crippen LogP) is 3.95. The second kappa shape index (κ2) is 53.8. The van der Waals surface area contributed by atoms with Gasteiger partial charge in [-0.15, -0.1) is 12.2 Å². The van der Waals surface area contributed by atoms with Gasteiger partial charge in [0.2, 0.25) is 0 Å². The molecule has 1 aliphatic rings. The van der Waals surface area contributed by atoms with Crippen LogP contribution in [0, 0.1) is 44.1 Å². The molecular weight excluding hydrogens is 260 g/mol. The first-order chi connectivity index (χ1) is 5.72. The maximum atomic E-state index is 7.57. The van der Waals surface area contributed by atoms with Gasteiger partial charge in [0, 0.05) is 34.9 Å². The zero-order valence-corrected chi connectivity index (χ0v) is 15.0. The van der Waals surface area contributed by atoms with Crippen molar-refractivity contribution in [2.75, 3.05) is 13.2 Å². The van der Waals surface area contributed by atoms with Crippen LogP contribution in [0.1, 0.15) is 20.3 Å². The average Bonchev–Trinajstić information content (AvgIpc) is 2.43. The first-order valence-corrected chi connectivity index (χ1v) is 4.12. The van der Waals surface area contributed by atoms with E-state index in [0.29, 0.717) is 0 Å². The van der Waals surface area contributed by atoms with Gasteiger partial charge in [-0.1, -0.05) is 0 Å². The average molecular weight is 294 g/mol. The van der Waals surface area contributed by atoms with Gasteiger partial charge in [-0.25, -0.2) is 18.6 Å². The molecule has 0 fully saturated rings. The number of aliphatic hydroxyl groups is 2. The molecule has 2 N–H and O–H groups in total. The molecule has 0 aromatic heterocycles. The zero-order chi connectivity index (χ0) is 9.82. The second-order valence-electron chi connectivity index (χ2n) is 2.09. The summed E-state index contributed by atoms with van der Waals surface area (Å²) in [6, 6.07) is 0.